The number of piperidine rings is 1. The summed E-state index contributed by atoms with van der Waals surface area (Å²) in [5.41, 5.74) is 0.704. The van der Waals surface area contributed by atoms with E-state index in [0.717, 1.165) is 0 Å². The number of halogens is 2. The highest BCUT2D eigenvalue weighted by Crippen LogP contribution is 2.22. The number of benzene rings is 1. The Labute approximate surface area is 165 Å². The first-order valence-electron chi connectivity index (χ1n) is 8.29. The molecule has 2 heterocycles. The second kappa shape index (κ2) is 8.56. The van der Waals surface area contributed by atoms with Gasteiger partial charge in [0.2, 0.25) is 5.88 Å². The third kappa shape index (κ3) is 5.09. The summed E-state index contributed by atoms with van der Waals surface area (Å²) in [7, 11) is 0. The van der Waals surface area contributed by atoms with Crippen molar-refractivity contribution in [2.75, 3.05) is 18.4 Å². The third-order valence-electron chi connectivity index (χ3n) is 4.08. The fraction of sp³-hybridized carbons (Fsp3) is 0.278. The molecule has 0 radical (unpaired) electrons. The van der Waals surface area contributed by atoms with Gasteiger partial charge in [-0.3, -0.25) is 4.79 Å². The fourth-order valence-electron chi connectivity index (χ4n) is 2.59. The van der Waals surface area contributed by atoms with Gasteiger partial charge in [-0.25, -0.2) is 9.78 Å². The van der Waals surface area contributed by atoms with Crippen LogP contribution in [0.4, 0.5) is 10.5 Å². The van der Waals surface area contributed by atoms with Gasteiger partial charge < -0.3 is 20.1 Å². The number of pyridine rings is 1. The lowest BCUT2D eigenvalue weighted by Crippen LogP contribution is -2.41. The SMILES string of the molecule is O=C(Nc1ccc(OC(=O)N2CCC(O)CC2)nc1)c1ccc(Cl)cc1Cl. The number of hydrogen-bond donors (Lipinski definition) is 2. The standard InChI is InChI=1S/C18H17Cl2N3O4/c19-11-1-3-14(15(20)9-11)17(25)22-12-2-4-16(21-10-12)27-18(26)23-7-5-13(24)6-8-23/h1-4,9-10,13,24H,5-8H2,(H,22,25). The number of carbonyl (C=O) groups excluding carboxylic acids is 2. The molecule has 2 aromatic rings. The average molecular weight is 410 g/mol. The van der Waals surface area contributed by atoms with Crippen LogP contribution in [0, 0.1) is 0 Å². The number of aromatic nitrogens is 1. The Balaban J connectivity index is 1.58. The van der Waals surface area contributed by atoms with Gasteiger partial charge in [0, 0.05) is 24.2 Å². The zero-order chi connectivity index (χ0) is 19.4. The Morgan fingerprint density at radius 3 is 2.56 bits per heavy atom. The van der Waals surface area contributed by atoms with Gasteiger partial charge in [0.15, 0.2) is 0 Å². The van der Waals surface area contributed by atoms with E-state index in [4.69, 9.17) is 27.9 Å². The Kier molecular flexibility index (Phi) is 6.15. The summed E-state index contributed by atoms with van der Waals surface area (Å²) in [6.07, 6.45) is 1.55. The molecular formula is C18H17Cl2N3O4. The second-order valence-electron chi connectivity index (χ2n) is 6.05. The summed E-state index contributed by atoms with van der Waals surface area (Å²) in [5.74, 6) is -0.288. The highest BCUT2D eigenvalue weighted by molar-refractivity contribution is 6.37. The number of likely N-dealkylation sites (tertiary alicyclic amines) is 1. The highest BCUT2D eigenvalue weighted by Gasteiger charge is 2.23. The maximum absolute atomic E-state index is 12.3. The van der Waals surface area contributed by atoms with E-state index in [0.29, 0.717) is 36.6 Å². The van der Waals surface area contributed by atoms with Crippen LogP contribution >= 0.6 is 23.2 Å². The quantitative estimate of drug-likeness (QED) is 0.807. The van der Waals surface area contributed by atoms with Crippen molar-refractivity contribution in [1.29, 1.82) is 0 Å². The summed E-state index contributed by atoms with van der Waals surface area (Å²) < 4.78 is 5.21. The van der Waals surface area contributed by atoms with Gasteiger partial charge in [0.05, 0.1) is 28.6 Å². The van der Waals surface area contributed by atoms with Gasteiger partial charge in [-0.1, -0.05) is 23.2 Å². The third-order valence-corrected chi connectivity index (χ3v) is 4.63. The molecule has 0 aliphatic carbocycles. The van der Waals surface area contributed by atoms with Crippen LogP contribution in [0.3, 0.4) is 0 Å². The van der Waals surface area contributed by atoms with Crippen LogP contribution in [0.1, 0.15) is 23.2 Å². The first-order chi connectivity index (χ1) is 12.9. The lowest BCUT2D eigenvalue weighted by atomic mass is 10.1. The minimum atomic E-state index is -0.515. The molecule has 1 aliphatic heterocycles. The lowest BCUT2D eigenvalue weighted by Gasteiger charge is -2.28. The van der Waals surface area contributed by atoms with E-state index >= 15 is 0 Å². The number of nitrogens with one attached hydrogen (secondary N) is 1. The van der Waals surface area contributed by atoms with E-state index < -0.39 is 12.0 Å². The largest absolute Gasteiger partial charge is 0.416 e. The summed E-state index contributed by atoms with van der Waals surface area (Å²) >= 11 is 11.8. The molecule has 9 heteroatoms. The molecule has 0 bridgehead atoms. The lowest BCUT2D eigenvalue weighted by molar-refractivity contribution is 0.0792. The summed E-state index contributed by atoms with van der Waals surface area (Å²) in [5, 5.41) is 12.8. The number of hydrogen-bond acceptors (Lipinski definition) is 5. The van der Waals surface area contributed by atoms with E-state index in [1.165, 1.54) is 29.3 Å². The summed E-state index contributed by atoms with van der Waals surface area (Å²) in [4.78, 5) is 29.9. The van der Waals surface area contributed by atoms with Gasteiger partial charge >= 0.3 is 6.09 Å². The molecule has 1 aromatic carbocycles. The zero-order valence-electron chi connectivity index (χ0n) is 14.2. The molecule has 27 heavy (non-hydrogen) atoms. The van der Waals surface area contributed by atoms with Crippen molar-refractivity contribution in [1.82, 2.24) is 9.88 Å². The van der Waals surface area contributed by atoms with Gasteiger partial charge in [-0.05, 0) is 37.1 Å². The maximum Gasteiger partial charge on any atom is 0.416 e. The molecule has 2 amide bonds. The van der Waals surface area contributed by atoms with Crippen molar-refractivity contribution in [2.24, 2.45) is 0 Å². The topological polar surface area (TPSA) is 91.8 Å². The molecule has 0 saturated carbocycles. The average Bonchev–Trinajstić information content (AvgIpc) is 2.63. The minimum Gasteiger partial charge on any atom is -0.393 e. The summed E-state index contributed by atoms with van der Waals surface area (Å²) in [6.45, 7) is 0.881. The molecule has 7 nitrogen and oxygen atoms in total. The summed E-state index contributed by atoms with van der Waals surface area (Å²) in [6, 6.07) is 7.63. The van der Waals surface area contributed by atoms with Gasteiger partial charge in [0.25, 0.3) is 5.91 Å². The van der Waals surface area contributed by atoms with Crippen LogP contribution in [0.5, 0.6) is 5.88 Å². The van der Waals surface area contributed by atoms with Crippen molar-refractivity contribution in [2.45, 2.75) is 18.9 Å². The molecule has 2 N–H and O–H groups in total. The van der Waals surface area contributed by atoms with Crippen molar-refractivity contribution in [3.05, 3.63) is 52.1 Å². The first-order valence-corrected chi connectivity index (χ1v) is 9.05. The number of ether oxygens (including phenoxy) is 1. The number of anilines is 1. The minimum absolute atomic E-state index is 0.119. The predicted molar refractivity (Wildman–Crippen MR) is 101 cm³/mol. The number of aliphatic hydroxyl groups is 1. The highest BCUT2D eigenvalue weighted by atomic mass is 35.5. The van der Waals surface area contributed by atoms with Crippen LogP contribution in [0.25, 0.3) is 0 Å². The van der Waals surface area contributed by atoms with Crippen LogP contribution in [0.15, 0.2) is 36.5 Å². The van der Waals surface area contributed by atoms with E-state index in [1.807, 2.05) is 0 Å². The Hall–Kier alpha value is -2.35. The zero-order valence-corrected chi connectivity index (χ0v) is 15.7. The van der Waals surface area contributed by atoms with Crippen molar-refractivity contribution in [3.63, 3.8) is 0 Å². The van der Waals surface area contributed by atoms with Gasteiger partial charge in [-0.2, -0.15) is 0 Å². The van der Waals surface area contributed by atoms with Crippen molar-refractivity contribution < 1.29 is 19.4 Å². The first kappa shape index (κ1) is 19.4. The molecule has 0 atom stereocenters. The van der Waals surface area contributed by atoms with E-state index in [1.54, 1.807) is 12.1 Å². The molecule has 1 aromatic heterocycles. The predicted octanol–water partition coefficient (Wildman–Crippen LogP) is 3.60. The smallest absolute Gasteiger partial charge is 0.393 e. The van der Waals surface area contributed by atoms with Gasteiger partial charge in [0.1, 0.15) is 0 Å². The van der Waals surface area contributed by atoms with Crippen molar-refractivity contribution >= 4 is 40.9 Å². The number of amides is 2. The number of nitrogens with zero attached hydrogens (tertiary/aromatic N) is 2. The normalized spacial score (nSPS) is 14.7. The molecule has 1 saturated heterocycles. The van der Waals surface area contributed by atoms with Crippen LogP contribution in [-0.2, 0) is 0 Å². The van der Waals surface area contributed by atoms with Crippen LogP contribution in [0.2, 0.25) is 10.0 Å². The molecule has 0 unspecified atom stereocenters. The molecule has 142 valence electrons. The van der Waals surface area contributed by atoms with Crippen molar-refractivity contribution in [3.8, 4) is 5.88 Å². The number of carbonyl (C=O) groups is 2. The van der Waals surface area contributed by atoms with E-state index in [-0.39, 0.29) is 22.6 Å². The van der Waals surface area contributed by atoms with E-state index in [2.05, 4.69) is 10.3 Å². The molecule has 1 aliphatic rings. The van der Waals surface area contributed by atoms with E-state index in [9.17, 15) is 14.7 Å². The van der Waals surface area contributed by atoms with Crippen LogP contribution < -0.4 is 10.1 Å². The Bertz CT molecular complexity index is 837. The molecule has 3 rings (SSSR count). The maximum atomic E-state index is 12.3. The Morgan fingerprint density at radius 2 is 1.93 bits per heavy atom. The molecule has 1 fully saturated rings. The fourth-order valence-corrected chi connectivity index (χ4v) is 3.08. The monoisotopic (exact) mass is 409 g/mol. The Morgan fingerprint density at radius 1 is 1.19 bits per heavy atom. The van der Waals surface area contributed by atoms with Gasteiger partial charge in [-0.15, -0.1) is 0 Å². The second-order valence-corrected chi connectivity index (χ2v) is 6.89. The number of aliphatic hydroxyl groups excluding tert-OH is 1. The number of rotatable bonds is 3. The van der Waals surface area contributed by atoms with Crippen LogP contribution in [-0.4, -0.2) is 46.2 Å². The molecular weight excluding hydrogens is 393 g/mol. The molecule has 0 spiro atoms.